The zero-order chi connectivity index (χ0) is 27.0. The number of allylic oxidation sites excluding steroid dienone is 3. The van der Waals surface area contributed by atoms with Crippen molar-refractivity contribution in [1.29, 1.82) is 0 Å². The summed E-state index contributed by atoms with van der Waals surface area (Å²) in [6.45, 7) is 14.1. The van der Waals surface area contributed by atoms with Crippen LogP contribution < -0.4 is 0 Å². The molecular formula is C21H24FeO12. The molecule has 0 rings (SSSR count). The molecule has 0 fully saturated rings. The van der Waals surface area contributed by atoms with E-state index in [1.165, 1.54) is 20.8 Å². The van der Waals surface area contributed by atoms with Gasteiger partial charge in [-0.3, -0.25) is 28.8 Å². The summed E-state index contributed by atoms with van der Waals surface area (Å²) in [7, 11) is 0. The standard InChI is InChI=1S/3C7H8O4.Fe/c3*1-4(2)5(8)3-6(9)7(10)11;/h3*1,3H2,2H3,(H,10,11);. The molecule has 0 aromatic heterocycles. The van der Waals surface area contributed by atoms with Gasteiger partial charge in [-0.25, -0.2) is 14.4 Å². The molecular weight excluding hydrogens is 500 g/mol. The van der Waals surface area contributed by atoms with Gasteiger partial charge in [0.05, 0.1) is 19.3 Å². The van der Waals surface area contributed by atoms with Crippen molar-refractivity contribution in [1.82, 2.24) is 0 Å². The Bertz CT molecular complexity index is 733. The summed E-state index contributed by atoms with van der Waals surface area (Å²) in [6, 6.07) is 0. The molecule has 0 heterocycles. The molecule has 0 aliphatic heterocycles. The summed E-state index contributed by atoms with van der Waals surface area (Å²) in [4.78, 5) is 93.0. The van der Waals surface area contributed by atoms with Crippen LogP contribution in [0.3, 0.4) is 0 Å². The number of ketones is 6. The molecule has 0 saturated heterocycles. The van der Waals surface area contributed by atoms with Gasteiger partial charge in [0.15, 0.2) is 17.3 Å². The summed E-state index contributed by atoms with van der Waals surface area (Å²) < 4.78 is 0. The SMILES string of the molecule is C=C(C)C(=O)CC(=O)C(=O)O.C=C(C)C(=O)CC(=O)C(=O)O.C=C(C)C(=O)CC(=O)C(=O)O.[Fe]. The van der Waals surface area contributed by atoms with Crippen LogP contribution in [0, 0.1) is 0 Å². The van der Waals surface area contributed by atoms with E-state index in [-0.39, 0.29) is 33.8 Å². The van der Waals surface area contributed by atoms with E-state index < -0.39 is 71.9 Å². The normalized spacial score (nSPS) is 8.56. The Kier molecular flexibility index (Phi) is 20.6. The van der Waals surface area contributed by atoms with Gasteiger partial charge in [0, 0.05) is 17.1 Å². The van der Waals surface area contributed by atoms with Crippen molar-refractivity contribution in [3.05, 3.63) is 36.5 Å². The predicted octanol–water partition coefficient (Wildman–Crippen LogP) is 0.524. The Hall–Kier alpha value is -3.83. The first-order valence-electron chi connectivity index (χ1n) is 8.69. The third-order valence-electron chi connectivity index (χ3n) is 3.11. The molecule has 0 aliphatic rings. The second-order valence-corrected chi connectivity index (χ2v) is 6.33. The molecule has 34 heavy (non-hydrogen) atoms. The molecule has 0 bridgehead atoms. The summed E-state index contributed by atoms with van der Waals surface area (Å²) in [5.74, 6) is -9.64. The van der Waals surface area contributed by atoms with Crippen LogP contribution in [0.15, 0.2) is 36.5 Å². The van der Waals surface area contributed by atoms with E-state index in [1.54, 1.807) is 0 Å². The monoisotopic (exact) mass is 524 g/mol. The van der Waals surface area contributed by atoms with Gasteiger partial charge in [-0.2, -0.15) is 0 Å². The number of hydrogen-bond donors (Lipinski definition) is 3. The van der Waals surface area contributed by atoms with E-state index >= 15 is 0 Å². The average molecular weight is 524 g/mol. The number of Topliss-reactive ketones (excluding diaryl/α,β-unsaturated/α-hetero) is 6. The fourth-order valence-electron chi connectivity index (χ4n) is 1.12. The van der Waals surface area contributed by atoms with Crippen LogP contribution in [0.5, 0.6) is 0 Å². The largest absolute Gasteiger partial charge is 0.475 e. The third-order valence-corrected chi connectivity index (χ3v) is 3.11. The smallest absolute Gasteiger partial charge is 0.372 e. The Morgan fingerprint density at radius 3 is 0.676 bits per heavy atom. The molecule has 0 radical (unpaired) electrons. The maximum Gasteiger partial charge on any atom is 0.372 e. The fraction of sp³-hybridized carbons (Fsp3) is 0.286. The first kappa shape index (κ1) is 37.5. The van der Waals surface area contributed by atoms with E-state index in [9.17, 15) is 43.2 Å². The van der Waals surface area contributed by atoms with Gasteiger partial charge in [0.25, 0.3) is 0 Å². The number of aliphatic carboxylic acids is 3. The van der Waals surface area contributed by atoms with Gasteiger partial charge < -0.3 is 15.3 Å². The number of carboxylic acids is 3. The molecule has 0 aromatic rings. The number of carboxylic acid groups (broad SMARTS) is 3. The van der Waals surface area contributed by atoms with Crippen molar-refractivity contribution >= 4 is 52.6 Å². The maximum atomic E-state index is 10.7. The fourth-order valence-corrected chi connectivity index (χ4v) is 1.12. The summed E-state index contributed by atoms with van der Waals surface area (Å²) in [6.07, 6.45) is -1.78. The van der Waals surface area contributed by atoms with Crippen LogP contribution >= 0.6 is 0 Å². The summed E-state index contributed by atoms with van der Waals surface area (Å²) in [5, 5.41) is 24.2. The van der Waals surface area contributed by atoms with Crippen LogP contribution in [-0.2, 0) is 60.2 Å². The molecule has 0 amide bonds. The van der Waals surface area contributed by atoms with Crippen molar-refractivity contribution < 1.29 is 75.5 Å². The predicted molar refractivity (Wildman–Crippen MR) is 111 cm³/mol. The number of carbonyl (C=O) groups excluding carboxylic acids is 6. The molecule has 0 atom stereocenters. The Labute approximate surface area is 204 Å². The zero-order valence-corrected chi connectivity index (χ0v) is 19.7. The van der Waals surface area contributed by atoms with Crippen LogP contribution in [-0.4, -0.2) is 67.9 Å². The number of carbonyl (C=O) groups is 9. The van der Waals surface area contributed by atoms with Crippen LogP contribution in [0.2, 0.25) is 0 Å². The van der Waals surface area contributed by atoms with E-state index in [2.05, 4.69) is 19.7 Å². The molecule has 0 saturated carbocycles. The van der Waals surface area contributed by atoms with E-state index in [4.69, 9.17) is 15.3 Å². The van der Waals surface area contributed by atoms with Gasteiger partial charge in [-0.05, 0) is 37.5 Å². The topological polar surface area (TPSA) is 214 Å². The van der Waals surface area contributed by atoms with Gasteiger partial charge in [0.1, 0.15) is 0 Å². The number of hydrogen-bond acceptors (Lipinski definition) is 9. The molecule has 12 nitrogen and oxygen atoms in total. The maximum absolute atomic E-state index is 10.7. The summed E-state index contributed by atoms with van der Waals surface area (Å²) in [5.41, 5.74) is 0.582. The van der Waals surface area contributed by atoms with E-state index in [0.717, 1.165) is 0 Å². The molecule has 3 N–H and O–H groups in total. The summed E-state index contributed by atoms with van der Waals surface area (Å²) >= 11 is 0. The minimum atomic E-state index is -1.58. The molecule has 0 unspecified atom stereocenters. The number of rotatable bonds is 12. The van der Waals surface area contributed by atoms with E-state index in [1.807, 2.05) is 0 Å². The van der Waals surface area contributed by atoms with Crippen LogP contribution in [0.1, 0.15) is 40.0 Å². The van der Waals surface area contributed by atoms with Gasteiger partial charge in [0.2, 0.25) is 17.3 Å². The van der Waals surface area contributed by atoms with Crippen molar-refractivity contribution in [2.45, 2.75) is 40.0 Å². The molecule has 0 aromatic carbocycles. The van der Waals surface area contributed by atoms with Crippen LogP contribution in [0.4, 0.5) is 0 Å². The Morgan fingerprint density at radius 1 is 0.441 bits per heavy atom. The van der Waals surface area contributed by atoms with Crippen molar-refractivity contribution in [2.24, 2.45) is 0 Å². The van der Waals surface area contributed by atoms with Gasteiger partial charge in [-0.1, -0.05) is 19.7 Å². The quantitative estimate of drug-likeness (QED) is 0.138. The minimum Gasteiger partial charge on any atom is -0.475 e. The molecule has 0 spiro atoms. The zero-order valence-electron chi connectivity index (χ0n) is 18.6. The van der Waals surface area contributed by atoms with E-state index in [0.29, 0.717) is 0 Å². The second-order valence-electron chi connectivity index (χ2n) is 6.33. The average Bonchev–Trinajstić information content (AvgIpc) is 2.67. The minimum absolute atomic E-state index is 0. The van der Waals surface area contributed by atoms with Gasteiger partial charge in [-0.15, -0.1) is 0 Å². The Morgan fingerprint density at radius 2 is 0.588 bits per heavy atom. The first-order valence-corrected chi connectivity index (χ1v) is 8.69. The molecule has 188 valence electrons. The molecule has 0 aliphatic carbocycles. The third kappa shape index (κ3) is 20.1. The van der Waals surface area contributed by atoms with Crippen molar-refractivity contribution in [3.8, 4) is 0 Å². The van der Waals surface area contributed by atoms with Crippen molar-refractivity contribution in [2.75, 3.05) is 0 Å². The Balaban J connectivity index is -0.000000196. The van der Waals surface area contributed by atoms with Gasteiger partial charge >= 0.3 is 17.9 Å². The molecule has 13 heteroatoms. The second kappa shape index (κ2) is 18.7. The first-order chi connectivity index (χ1) is 14.8. The van der Waals surface area contributed by atoms with Crippen molar-refractivity contribution in [3.63, 3.8) is 0 Å². The van der Waals surface area contributed by atoms with Crippen LogP contribution in [0.25, 0.3) is 0 Å².